The first-order valence-corrected chi connectivity index (χ1v) is 12.5. The molecule has 5 rings (SSSR count). The molecule has 0 saturated heterocycles. The van der Waals surface area contributed by atoms with E-state index in [1.165, 1.54) is 29.7 Å². The van der Waals surface area contributed by atoms with Gasteiger partial charge in [-0.25, -0.2) is 4.79 Å². The van der Waals surface area contributed by atoms with Crippen molar-refractivity contribution in [1.82, 2.24) is 4.72 Å². The van der Waals surface area contributed by atoms with Crippen LogP contribution < -0.4 is 20.7 Å². The average molecular weight is 501 g/mol. The topological polar surface area (TPSA) is 99.3 Å². The molecule has 33 heavy (non-hydrogen) atoms. The molecule has 2 aromatic carbocycles. The third-order valence-electron chi connectivity index (χ3n) is 5.24. The van der Waals surface area contributed by atoms with Gasteiger partial charge in [-0.15, -0.1) is 22.9 Å². The lowest BCUT2D eigenvalue weighted by molar-refractivity contribution is -0.116. The summed E-state index contributed by atoms with van der Waals surface area (Å²) in [6.45, 7) is 0.831. The zero-order valence-corrected chi connectivity index (χ0v) is 20.0. The highest BCUT2D eigenvalue weighted by Gasteiger charge is 2.36. The van der Waals surface area contributed by atoms with Crippen molar-refractivity contribution < 1.29 is 14.4 Å². The van der Waals surface area contributed by atoms with E-state index in [9.17, 15) is 14.4 Å². The van der Waals surface area contributed by atoms with Gasteiger partial charge in [0.2, 0.25) is 5.91 Å². The summed E-state index contributed by atoms with van der Waals surface area (Å²) >= 11 is 7.41. The summed E-state index contributed by atoms with van der Waals surface area (Å²) in [5.74, 6) is -1.46. The second-order valence-corrected chi connectivity index (χ2v) is 9.28. The van der Waals surface area contributed by atoms with Gasteiger partial charge in [0.1, 0.15) is 5.92 Å². The summed E-state index contributed by atoms with van der Waals surface area (Å²) < 4.78 is 3.69. The second kappa shape index (κ2) is 10.3. The van der Waals surface area contributed by atoms with Crippen LogP contribution in [0.15, 0.2) is 58.1 Å². The molecule has 3 heterocycles. The third kappa shape index (κ3) is 5.00. The number of Topliss-reactive ketones (excluding diaryl/α,β-unsaturated/α-hetero) is 1. The van der Waals surface area contributed by atoms with E-state index >= 15 is 0 Å². The van der Waals surface area contributed by atoms with Crippen molar-refractivity contribution in [2.75, 3.05) is 28.9 Å². The van der Waals surface area contributed by atoms with Crippen LogP contribution in [0.5, 0.6) is 0 Å². The lowest BCUT2D eigenvalue weighted by Gasteiger charge is -2.24. The lowest BCUT2D eigenvalue weighted by atomic mass is 9.85. The van der Waals surface area contributed by atoms with Gasteiger partial charge in [0.15, 0.2) is 5.78 Å². The first kappa shape index (κ1) is 23.2. The first-order valence-electron chi connectivity index (χ1n) is 10.1. The summed E-state index contributed by atoms with van der Waals surface area (Å²) in [5.41, 5.74) is 4.31. The fourth-order valence-electron chi connectivity index (χ4n) is 3.77. The average Bonchev–Trinajstić information content (AvgIpc) is 3.51. The number of hydrogen-bond donors (Lipinski definition) is 4. The maximum Gasteiger partial charge on any atom is 0.329 e. The molecule has 0 bridgehead atoms. The molecule has 2 aliphatic heterocycles. The van der Waals surface area contributed by atoms with Crippen molar-refractivity contribution in [3.8, 4) is 0 Å². The molecular formula is C23H21ClN4O3S2. The van der Waals surface area contributed by atoms with E-state index in [0.717, 1.165) is 28.4 Å². The Morgan fingerprint density at radius 1 is 1.12 bits per heavy atom. The van der Waals surface area contributed by atoms with Crippen molar-refractivity contribution in [1.29, 1.82) is 0 Å². The molecule has 3 aromatic rings. The fourth-order valence-corrected chi connectivity index (χ4v) is 5.09. The number of thiophene rings is 1. The SMILES string of the molecule is CCl.O=C(NSc1cccs1)Nc1ccc(C2C(=O)Nc3cc4c(cc3C2=O)CCN4)cc1. The molecule has 1 aromatic heterocycles. The zero-order chi connectivity index (χ0) is 23.4. The van der Waals surface area contributed by atoms with Crippen molar-refractivity contribution in [2.45, 2.75) is 16.5 Å². The molecular weight excluding hydrogens is 480 g/mol. The number of alkyl halides is 1. The summed E-state index contributed by atoms with van der Waals surface area (Å²) in [7, 11) is 0. The number of ketones is 1. The number of hydrogen-bond acceptors (Lipinski definition) is 6. The Morgan fingerprint density at radius 2 is 1.91 bits per heavy atom. The molecule has 0 fully saturated rings. The Labute approximate surface area is 204 Å². The van der Waals surface area contributed by atoms with Gasteiger partial charge in [-0.2, -0.15) is 0 Å². The quantitative estimate of drug-likeness (QED) is 0.221. The van der Waals surface area contributed by atoms with Gasteiger partial charge >= 0.3 is 6.03 Å². The Kier molecular flexibility index (Phi) is 7.22. The van der Waals surface area contributed by atoms with E-state index in [1.807, 2.05) is 29.6 Å². The number of amides is 3. The van der Waals surface area contributed by atoms with Crippen LogP contribution in [0.1, 0.15) is 27.4 Å². The minimum absolute atomic E-state index is 0.209. The zero-order valence-electron chi connectivity index (χ0n) is 17.6. The van der Waals surface area contributed by atoms with E-state index in [0.29, 0.717) is 22.5 Å². The summed E-state index contributed by atoms with van der Waals surface area (Å²) in [4.78, 5) is 37.9. The van der Waals surface area contributed by atoms with Crippen LogP contribution in [0, 0.1) is 0 Å². The molecule has 1 unspecified atom stereocenters. The monoisotopic (exact) mass is 500 g/mol. The fraction of sp³-hybridized carbons (Fsp3) is 0.174. The first-order chi connectivity index (χ1) is 16.1. The van der Waals surface area contributed by atoms with Crippen molar-refractivity contribution in [3.63, 3.8) is 0 Å². The highest BCUT2D eigenvalue weighted by atomic mass is 35.5. The molecule has 0 saturated carbocycles. The van der Waals surface area contributed by atoms with Crippen molar-refractivity contribution in [2.24, 2.45) is 0 Å². The Bertz CT molecular complexity index is 1180. The molecule has 3 amide bonds. The number of anilines is 3. The van der Waals surface area contributed by atoms with Crippen LogP contribution in [0.25, 0.3) is 0 Å². The normalized spacial score (nSPS) is 15.9. The summed E-state index contributed by atoms with van der Waals surface area (Å²) in [6.07, 6.45) is 2.34. The van der Waals surface area contributed by atoms with Crippen LogP contribution in [0.2, 0.25) is 0 Å². The summed E-state index contributed by atoms with van der Waals surface area (Å²) in [6, 6.07) is 14.0. The van der Waals surface area contributed by atoms with Gasteiger partial charge in [0.05, 0.1) is 9.90 Å². The number of carbonyl (C=O) groups excluding carboxylic acids is 3. The second-order valence-electron chi connectivity index (χ2n) is 7.23. The van der Waals surface area contributed by atoms with Crippen LogP contribution >= 0.6 is 34.9 Å². The number of carbonyl (C=O) groups is 3. The third-order valence-corrected chi connectivity index (χ3v) is 7.07. The maximum absolute atomic E-state index is 13.1. The molecule has 0 radical (unpaired) electrons. The predicted molar refractivity (Wildman–Crippen MR) is 135 cm³/mol. The number of urea groups is 1. The van der Waals surface area contributed by atoms with Crippen LogP contribution in [-0.4, -0.2) is 30.6 Å². The van der Waals surface area contributed by atoms with Crippen LogP contribution in [0.3, 0.4) is 0 Å². The van der Waals surface area contributed by atoms with Gasteiger partial charge in [0.25, 0.3) is 0 Å². The molecule has 2 aliphatic rings. The van der Waals surface area contributed by atoms with Crippen LogP contribution in [-0.2, 0) is 11.2 Å². The standard InChI is InChI=1S/C22H18N4O3S2.CH3Cl/c27-20-15-10-13-7-8-23-16(13)11-17(15)25-21(28)19(20)12-3-5-14(6-4-12)24-22(29)26-31-18-2-1-9-30-18;1-2/h1-6,9-11,19,23H,7-8H2,(H,25,28)(H2,24,26,29);1H3. The molecule has 10 heteroatoms. The molecule has 4 N–H and O–H groups in total. The highest BCUT2D eigenvalue weighted by Crippen LogP contribution is 2.36. The van der Waals surface area contributed by atoms with E-state index in [4.69, 9.17) is 0 Å². The number of halogens is 1. The number of nitrogens with one attached hydrogen (secondary N) is 4. The van der Waals surface area contributed by atoms with Crippen molar-refractivity contribution in [3.05, 3.63) is 70.6 Å². The minimum atomic E-state index is -0.905. The van der Waals surface area contributed by atoms with Gasteiger partial charge in [0, 0.05) is 29.9 Å². The highest BCUT2D eigenvalue weighted by molar-refractivity contribution is 7.99. The van der Waals surface area contributed by atoms with E-state index < -0.39 is 5.92 Å². The molecule has 7 nitrogen and oxygen atoms in total. The van der Waals surface area contributed by atoms with E-state index in [2.05, 4.69) is 32.3 Å². The van der Waals surface area contributed by atoms with E-state index in [-0.39, 0.29) is 17.7 Å². The Morgan fingerprint density at radius 3 is 2.64 bits per heavy atom. The predicted octanol–water partition coefficient (Wildman–Crippen LogP) is 5.32. The Balaban J connectivity index is 0.00000126. The molecule has 1 atom stereocenters. The van der Waals surface area contributed by atoms with Gasteiger partial charge in [-0.1, -0.05) is 18.2 Å². The Hall–Kier alpha value is -3.01. The van der Waals surface area contributed by atoms with Gasteiger partial charge < -0.3 is 16.0 Å². The number of benzene rings is 2. The molecule has 170 valence electrons. The molecule has 0 aliphatic carbocycles. The largest absolute Gasteiger partial charge is 0.384 e. The van der Waals surface area contributed by atoms with E-state index in [1.54, 1.807) is 24.3 Å². The lowest BCUT2D eigenvalue weighted by Crippen LogP contribution is -2.33. The van der Waals surface area contributed by atoms with Crippen molar-refractivity contribution >= 4 is 69.7 Å². The summed E-state index contributed by atoms with van der Waals surface area (Å²) in [5, 5.41) is 10.8. The van der Waals surface area contributed by atoms with Gasteiger partial charge in [-0.3, -0.25) is 14.3 Å². The number of rotatable bonds is 4. The molecule has 0 spiro atoms. The van der Waals surface area contributed by atoms with Gasteiger partial charge in [-0.05, 0) is 65.2 Å². The smallest absolute Gasteiger partial charge is 0.329 e. The number of fused-ring (bicyclic) bond motifs is 2. The maximum atomic E-state index is 13.1. The minimum Gasteiger partial charge on any atom is -0.384 e. The van der Waals surface area contributed by atoms with Crippen LogP contribution in [0.4, 0.5) is 21.9 Å².